The molecule has 0 saturated heterocycles. The zero-order chi connectivity index (χ0) is 15.5. The van der Waals surface area contributed by atoms with E-state index in [2.05, 4.69) is 28.9 Å². The predicted octanol–water partition coefficient (Wildman–Crippen LogP) is 4.85. The lowest BCUT2D eigenvalue weighted by Gasteiger charge is -2.45. The summed E-state index contributed by atoms with van der Waals surface area (Å²) in [6.07, 6.45) is 5.49. The molecule has 0 aliphatic heterocycles. The van der Waals surface area contributed by atoms with Crippen molar-refractivity contribution in [1.82, 2.24) is 0 Å². The third kappa shape index (κ3) is 3.49. The van der Waals surface area contributed by atoms with E-state index in [1.54, 1.807) is 0 Å². The van der Waals surface area contributed by atoms with Crippen LogP contribution < -0.4 is 0 Å². The van der Waals surface area contributed by atoms with Gasteiger partial charge in [-0.05, 0) is 43.4 Å². The molecule has 1 aliphatic rings. The number of hydrogen-bond acceptors (Lipinski definition) is 2. The highest BCUT2D eigenvalue weighted by molar-refractivity contribution is 9.10. The molecule has 1 N–H and O–H groups in total. The number of aliphatic hydroxyl groups is 1. The summed E-state index contributed by atoms with van der Waals surface area (Å²) in [7, 11) is 0. The van der Waals surface area contributed by atoms with Gasteiger partial charge in [-0.3, -0.25) is 0 Å². The first-order valence-electron chi connectivity index (χ1n) is 7.80. The van der Waals surface area contributed by atoms with E-state index in [1.165, 1.54) is 6.42 Å². The minimum Gasteiger partial charge on any atom is -0.388 e. The predicted molar refractivity (Wildman–Crippen MR) is 88.8 cm³/mol. The molecule has 0 amide bonds. The Morgan fingerprint density at radius 2 is 2.10 bits per heavy atom. The molecule has 21 heavy (non-hydrogen) atoms. The maximum atomic E-state index is 11.1. The number of nitrogens with zero attached hydrogens (tertiary/aromatic N) is 1. The number of rotatable bonds is 4. The Bertz CT molecular complexity index is 517. The van der Waals surface area contributed by atoms with Gasteiger partial charge in [0, 0.05) is 10.9 Å². The van der Waals surface area contributed by atoms with Crippen LogP contribution in [-0.4, -0.2) is 10.7 Å². The molecule has 0 aromatic heterocycles. The van der Waals surface area contributed by atoms with Gasteiger partial charge in [0.05, 0.1) is 17.1 Å². The van der Waals surface area contributed by atoms with E-state index in [-0.39, 0.29) is 0 Å². The van der Waals surface area contributed by atoms with Crippen LogP contribution in [0.25, 0.3) is 0 Å². The molecule has 3 heteroatoms. The highest BCUT2D eigenvalue weighted by atomic mass is 79.9. The molecule has 2 rings (SSSR count). The molecular weight excluding hydrogens is 326 g/mol. The molecule has 1 saturated carbocycles. The van der Waals surface area contributed by atoms with Crippen molar-refractivity contribution in [2.45, 2.75) is 58.0 Å². The first-order chi connectivity index (χ1) is 9.92. The summed E-state index contributed by atoms with van der Waals surface area (Å²) in [5.74, 6) is 0.565. The van der Waals surface area contributed by atoms with E-state index in [1.807, 2.05) is 31.2 Å². The van der Waals surface area contributed by atoms with E-state index in [0.29, 0.717) is 12.3 Å². The summed E-state index contributed by atoms with van der Waals surface area (Å²) in [5.41, 5.74) is -0.515. The summed E-state index contributed by atoms with van der Waals surface area (Å²) >= 11 is 3.43. The molecule has 1 aliphatic carbocycles. The van der Waals surface area contributed by atoms with Crippen molar-refractivity contribution in [3.05, 3.63) is 34.3 Å². The second-order valence-electron chi connectivity index (χ2n) is 6.64. The van der Waals surface area contributed by atoms with E-state index in [9.17, 15) is 10.4 Å². The Morgan fingerprint density at radius 3 is 2.67 bits per heavy atom. The Hall–Kier alpha value is -0.850. The maximum absolute atomic E-state index is 11.1. The maximum Gasteiger partial charge on any atom is 0.0863 e. The Kier molecular flexibility index (Phi) is 5.11. The SMILES string of the molecule is CCC1CCCC(C#N)(C(C)(O)Cc2ccc(Br)cc2)C1. The van der Waals surface area contributed by atoms with Gasteiger partial charge in [0.25, 0.3) is 0 Å². The average molecular weight is 350 g/mol. The molecule has 1 aromatic rings. The molecule has 3 atom stereocenters. The van der Waals surface area contributed by atoms with Crippen molar-refractivity contribution < 1.29 is 5.11 Å². The first kappa shape index (κ1) is 16.5. The van der Waals surface area contributed by atoms with Crippen LogP contribution in [0.2, 0.25) is 0 Å². The zero-order valence-electron chi connectivity index (χ0n) is 12.9. The molecule has 3 unspecified atom stereocenters. The Labute approximate surface area is 136 Å². The van der Waals surface area contributed by atoms with Gasteiger partial charge in [-0.25, -0.2) is 0 Å². The number of hydrogen-bond donors (Lipinski definition) is 1. The van der Waals surface area contributed by atoms with Gasteiger partial charge in [0.1, 0.15) is 0 Å². The molecule has 0 heterocycles. The standard InChI is InChI=1S/C18H24BrNO/c1-3-14-5-4-10-18(12-14,13-20)17(2,21)11-15-6-8-16(19)9-7-15/h6-9,14,21H,3-5,10-12H2,1-2H3. The molecule has 0 radical (unpaired) electrons. The highest BCUT2D eigenvalue weighted by Gasteiger charge is 2.49. The molecule has 1 fully saturated rings. The van der Waals surface area contributed by atoms with Crippen LogP contribution in [0, 0.1) is 22.7 Å². The van der Waals surface area contributed by atoms with Gasteiger partial charge < -0.3 is 5.11 Å². The van der Waals surface area contributed by atoms with Crippen molar-refractivity contribution in [3.8, 4) is 6.07 Å². The third-order valence-corrected chi connectivity index (χ3v) is 5.67. The summed E-state index contributed by atoms with van der Waals surface area (Å²) in [6, 6.07) is 10.5. The van der Waals surface area contributed by atoms with Crippen LogP contribution >= 0.6 is 15.9 Å². The Morgan fingerprint density at radius 1 is 1.43 bits per heavy atom. The van der Waals surface area contributed by atoms with Gasteiger partial charge >= 0.3 is 0 Å². The zero-order valence-corrected chi connectivity index (χ0v) is 14.5. The van der Waals surface area contributed by atoms with E-state index >= 15 is 0 Å². The summed E-state index contributed by atoms with van der Waals surface area (Å²) in [6.45, 7) is 4.03. The second-order valence-corrected chi connectivity index (χ2v) is 7.56. The molecule has 1 aromatic carbocycles. The minimum absolute atomic E-state index is 0.532. The van der Waals surface area contributed by atoms with Crippen LogP contribution in [0.5, 0.6) is 0 Å². The van der Waals surface area contributed by atoms with Crippen molar-refractivity contribution in [3.63, 3.8) is 0 Å². The number of benzene rings is 1. The monoisotopic (exact) mass is 349 g/mol. The van der Waals surface area contributed by atoms with Crippen molar-refractivity contribution in [2.24, 2.45) is 11.3 Å². The molecular formula is C18H24BrNO. The van der Waals surface area contributed by atoms with Gasteiger partial charge in [-0.2, -0.15) is 5.26 Å². The molecule has 2 nitrogen and oxygen atoms in total. The average Bonchev–Trinajstić information content (AvgIpc) is 2.49. The minimum atomic E-state index is -0.983. The Balaban J connectivity index is 2.22. The van der Waals surface area contributed by atoms with Crippen molar-refractivity contribution >= 4 is 15.9 Å². The lowest BCUT2D eigenvalue weighted by atomic mass is 9.60. The highest BCUT2D eigenvalue weighted by Crippen LogP contribution is 2.48. The van der Waals surface area contributed by atoms with Gasteiger partial charge in [0.15, 0.2) is 0 Å². The fourth-order valence-electron chi connectivity index (χ4n) is 3.62. The van der Waals surface area contributed by atoms with E-state index < -0.39 is 11.0 Å². The first-order valence-corrected chi connectivity index (χ1v) is 8.60. The summed E-state index contributed by atoms with van der Waals surface area (Å²) in [4.78, 5) is 0. The summed E-state index contributed by atoms with van der Waals surface area (Å²) < 4.78 is 1.03. The summed E-state index contributed by atoms with van der Waals surface area (Å²) in [5, 5.41) is 20.9. The van der Waals surface area contributed by atoms with Gasteiger partial charge in [0.2, 0.25) is 0 Å². The third-order valence-electron chi connectivity index (χ3n) is 5.14. The van der Waals surface area contributed by atoms with Crippen molar-refractivity contribution in [2.75, 3.05) is 0 Å². The fourth-order valence-corrected chi connectivity index (χ4v) is 3.88. The smallest absolute Gasteiger partial charge is 0.0863 e. The van der Waals surface area contributed by atoms with Crippen LogP contribution in [0.15, 0.2) is 28.7 Å². The van der Waals surface area contributed by atoms with Gasteiger partial charge in [-0.1, -0.05) is 54.2 Å². The van der Waals surface area contributed by atoms with Crippen LogP contribution in [0.4, 0.5) is 0 Å². The number of halogens is 1. The normalized spacial score (nSPS) is 28.6. The quantitative estimate of drug-likeness (QED) is 0.843. The lowest BCUT2D eigenvalue weighted by Crippen LogP contribution is -2.49. The van der Waals surface area contributed by atoms with Crippen LogP contribution in [0.1, 0.15) is 51.5 Å². The van der Waals surface area contributed by atoms with Crippen LogP contribution in [-0.2, 0) is 6.42 Å². The van der Waals surface area contributed by atoms with E-state index in [0.717, 1.165) is 35.7 Å². The fraction of sp³-hybridized carbons (Fsp3) is 0.611. The lowest BCUT2D eigenvalue weighted by molar-refractivity contribution is -0.0673. The van der Waals surface area contributed by atoms with Gasteiger partial charge in [-0.15, -0.1) is 0 Å². The largest absolute Gasteiger partial charge is 0.388 e. The number of nitriles is 1. The topological polar surface area (TPSA) is 44.0 Å². The van der Waals surface area contributed by atoms with Crippen molar-refractivity contribution in [1.29, 1.82) is 5.26 Å². The van der Waals surface area contributed by atoms with E-state index in [4.69, 9.17) is 0 Å². The van der Waals surface area contributed by atoms with Crippen LogP contribution in [0.3, 0.4) is 0 Å². The molecule has 0 bridgehead atoms. The molecule has 114 valence electrons. The second kappa shape index (κ2) is 6.50. The molecule has 0 spiro atoms.